The van der Waals surface area contributed by atoms with Crippen LogP contribution in [0, 0.1) is 0 Å². The van der Waals surface area contributed by atoms with Crippen molar-refractivity contribution < 1.29 is 14.3 Å². The minimum absolute atomic E-state index is 0.0371. The second kappa shape index (κ2) is 7.44. The third kappa shape index (κ3) is 4.06. The Balaban J connectivity index is 2.06. The summed E-state index contributed by atoms with van der Waals surface area (Å²) in [5, 5.41) is 15.0. The second-order valence-corrected chi connectivity index (χ2v) is 4.52. The lowest BCUT2D eigenvalue weighted by Crippen LogP contribution is -2.22. The van der Waals surface area contributed by atoms with Crippen LogP contribution in [0.3, 0.4) is 0 Å². The number of carbonyl (C=O) groups excluding carboxylic acids is 1. The number of rotatable bonds is 7. The van der Waals surface area contributed by atoms with Gasteiger partial charge in [0.05, 0.1) is 17.9 Å². The van der Waals surface area contributed by atoms with Crippen LogP contribution in [0.5, 0.6) is 0 Å². The first-order chi connectivity index (χ1) is 10.2. The number of hydrogen-bond acceptors (Lipinski definition) is 5. The molecular formula is C15H19N3O3. The number of aliphatic hydroxyl groups excluding tert-OH is 1. The largest absolute Gasteiger partial charge is 0.467 e. The summed E-state index contributed by atoms with van der Waals surface area (Å²) in [4.78, 5) is 15.9. The van der Waals surface area contributed by atoms with Crippen molar-refractivity contribution in [2.75, 3.05) is 18.5 Å². The van der Waals surface area contributed by atoms with Gasteiger partial charge in [-0.25, -0.2) is 4.98 Å². The summed E-state index contributed by atoms with van der Waals surface area (Å²) in [6.07, 6.45) is 3.62. The maximum Gasteiger partial charge on any atom is 0.252 e. The topological polar surface area (TPSA) is 87.4 Å². The predicted molar refractivity (Wildman–Crippen MR) is 79.0 cm³/mol. The first-order valence-corrected chi connectivity index (χ1v) is 6.89. The van der Waals surface area contributed by atoms with E-state index in [9.17, 15) is 4.79 Å². The van der Waals surface area contributed by atoms with Gasteiger partial charge in [-0.3, -0.25) is 4.79 Å². The molecule has 1 atom stereocenters. The molecule has 0 spiro atoms. The molecule has 2 aromatic heterocycles. The Kier molecular flexibility index (Phi) is 5.34. The third-order valence-corrected chi connectivity index (χ3v) is 2.99. The van der Waals surface area contributed by atoms with Crippen molar-refractivity contribution in [2.24, 2.45) is 0 Å². The van der Waals surface area contributed by atoms with Gasteiger partial charge in [0.25, 0.3) is 5.91 Å². The molecule has 2 aromatic rings. The number of aliphatic hydroxyl groups is 1. The average molecular weight is 289 g/mol. The monoisotopic (exact) mass is 289 g/mol. The van der Waals surface area contributed by atoms with Gasteiger partial charge in [-0.05, 0) is 37.6 Å². The van der Waals surface area contributed by atoms with E-state index < -0.39 is 0 Å². The van der Waals surface area contributed by atoms with Crippen molar-refractivity contribution in [2.45, 2.75) is 19.4 Å². The maximum atomic E-state index is 11.6. The molecular weight excluding hydrogens is 270 g/mol. The van der Waals surface area contributed by atoms with Crippen LogP contribution in [-0.2, 0) is 0 Å². The lowest BCUT2D eigenvalue weighted by atomic mass is 10.1. The Bertz CT molecular complexity index is 552. The average Bonchev–Trinajstić information content (AvgIpc) is 3.02. The van der Waals surface area contributed by atoms with Crippen molar-refractivity contribution >= 4 is 11.7 Å². The quantitative estimate of drug-likeness (QED) is 0.725. The van der Waals surface area contributed by atoms with E-state index in [1.807, 2.05) is 13.0 Å². The Labute approximate surface area is 123 Å². The van der Waals surface area contributed by atoms with Crippen LogP contribution >= 0.6 is 0 Å². The first kappa shape index (κ1) is 15.1. The van der Waals surface area contributed by atoms with Crippen molar-refractivity contribution in [3.63, 3.8) is 0 Å². The number of nitrogens with zero attached hydrogens (tertiary/aromatic N) is 1. The fourth-order valence-corrected chi connectivity index (χ4v) is 1.96. The molecule has 6 heteroatoms. The van der Waals surface area contributed by atoms with Crippen molar-refractivity contribution in [1.29, 1.82) is 0 Å². The van der Waals surface area contributed by atoms with E-state index in [1.165, 1.54) is 6.20 Å². The number of amides is 1. The number of anilines is 1. The van der Waals surface area contributed by atoms with Gasteiger partial charge in [-0.15, -0.1) is 0 Å². The first-order valence-electron chi connectivity index (χ1n) is 6.89. The van der Waals surface area contributed by atoms with Crippen LogP contribution in [0.4, 0.5) is 5.82 Å². The van der Waals surface area contributed by atoms with E-state index in [2.05, 4.69) is 15.6 Å². The van der Waals surface area contributed by atoms with Crippen molar-refractivity contribution in [1.82, 2.24) is 10.3 Å². The SMILES string of the molecule is CCNC(=O)c1ccc(NC(CCO)c2ccco2)nc1. The highest BCUT2D eigenvalue weighted by Crippen LogP contribution is 2.21. The van der Waals surface area contributed by atoms with Gasteiger partial charge in [-0.2, -0.15) is 0 Å². The molecule has 6 nitrogen and oxygen atoms in total. The van der Waals surface area contributed by atoms with Crippen molar-refractivity contribution in [3.8, 4) is 0 Å². The Hall–Kier alpha value is -2.34. The molecule has 2 rings (SSSR count). The van der Waals surface area contributed by atoms with Gasteiger partial charge in [0.15, 0.2) is 0 Å². The molecule has 0 aliphatic carbocycles. The molecule has 3 N–H and O–H groups in total. The summed E-state index contributed by atoms with van der Waals surface area (Å²) in [6, 6.07) is 6.92. The van der Waals surface area contributed by atoms with E-state index in [0.717, 1.165) is 5.76 Å². The van der Waals surface area contributed by atoms with E-state index in [0.29, 0.717) is 24.3 Å². The summed E-state index contributed by atoms with van der Waals surface area (Å²) < 4.78 is 5.35. The maximum absolute atomic E-state index is 11.6. The number of hydrogen-bond donors (Lipinski definition) is 3. The molecule has 112 valence electrons. The minimum atomic E-state index is -0.159. The predicted octanol–water partition coefficient (Wildman–Crippen LogP) is 1.96. The summed E-state index contributed by atoms with van der Waals surface area (Å²) >= 11 is 0. The minimum Gasteiger partial charge on any atom is -0.467 e. The summed E-state index contributed by atoms with van der Waals surface area (Å²) in [7, 11) is 0. The molecule has 0 saturated carbocycles. The number of nitrogens with one attached hydrogen (secondary N) is 2. The fourth-order valence-electron chi connectivity index (χ4n) is 1.96. The van der Waals surface area contributed by atoms with Gasteiger partial charge in [0.1, 0.15) is 11.6 Å². The molecule has 1 amide bonds. The summed E-state index contributed by atoms with van der Waals surface area (Å²) in [6.45, 7) is 2.48. The Morgan fingerprint density at radius 3 is 2.86 bits per heavy atom. The summed E-state index contributed by atoms with van der Waals surface area (Å²) in [5.41, 5.74) is 0.513. The smallest absolute Gasteiger partial charge is 0.252 e. The van der Waals surface area contributed by atoms with Crippen LogP contribution in [0.1, 0.15) is 35.5 Å². The molecule has 0 radical (unpaired) electrons. The number of aromatic nitrogens is 1. The zero-order valence-corrected chi connectivity index (χ0v) is 11.9. The van der Waals surface area contributed by atoms with Gasteiger partial charge < -0.3 is 20.2 Å². The molecule has 0 aromatic carbocycles. The van der Waals surface area contributed by atoms with Crippen LogP contribution in [0.2, 0.25) is 0 Å². The van der Waals surface area contributed by atoms with Crippen LogP contribution < -0.4 is 10.6 Å². The lowest BCUT2D eigenvalue weighted by Gasteiger charge is -2.16. The van der Waals surface area contributed by atoms with Crippen molar-refractivity contribution in [3.05, 3.63) is 48.0 Å². The highest BCUT2D eigenvalue weighted by molar-refractivity contribution is 5.93. The molecule has 0 saturated heterocycles. The van der Waals surface area contributed by atoms with Crippen LogP contribution in [0.25, 0.3) is 0 Å². The van der Waals surface area contributed by atoms with Gasteiger partial charge >= 0.3 is 0 Å². The normalized spacial score (nSPS) is 11.9. The Morgan fingerprint density at radius 2 is 2.29 bits per heavy atom. The van der Waals surface area contributed by atoms with Gasteiger partial charge in [0, 0.05) is 19.3 Å². The van der Waals surface area contributed by atoms with E-state index in [4.69, 9.17) is 9.52 Å². The number of carbonyl (C=O) groups is 1. The molecule has 1 unspecified atom stereocenters. The molecule has 2 heterocycles. The van der Waals surface area contributed by atoms with Gasteiger partial charge in [-0.1, -0.05) is 0 Å². The Morgan fingerprint density at radius 1 is 1.43 bits per heavy atom. The molecule has 0 fully saturated rings. The molecule has 0 aliphatic rings. The summed E-state index contributed by atoms with van der Waals surface area (Å²) in [5.74, 6) is 1.21. The number of furan rings is 1. The zero-order chi connectivity index (χ0) is 15.1. The number of pyridine rings is 1. The molecule has 0 bridgehead atoms. The van der Waals surface area contributed by atoms with Crippen LogP contribution in [0.15, 0.2) is 41.1 Å². The highest BCUT2D eigenvalue weighted by Gasteiger charge is 2.14. The standard InChI is InChI=1S/C15H19N3O3/c1-2-16-15(20)11-5-6-14(17-10-11)18-12(7-8-19)13-4-3-9-21-13/h3-6,9-10,12,19H,2,7-8H2,1H3,(H,16,20)(H,17,18). The van der Waals surface area contributed by atoms with E-state index >= 15 is 0 Å². The lowest BCUT2D eigenvalue weighted by molar-refractivity contribution is 0.0955. The molecule has 0 aliphatic heterocycles. The van der Waals surface area contributed by atoms with E-state index in [1.54, 1.807) is 24.5 Å². The molecule has 21 heavy (non-hydrogen) atoms. The fraction of sp³-hybridized carbons (Fsp3) is 0.333. The second-order valence-electron chi connectivity index (χ2n) is 4.52. The van der Waals surface area contributed by atoms with Crippen LogP contribution in [-0.4, -0.2) is 29.1 Å². The van der Waals surface area contributed by atoms with Gasteiger partial charge in [0.2, 0.25) is 0 Å². The zero-order valence-electron chi connectivity index (χ0n) is 11.9. The highest BCUT2D eigenvalue weighted by atomic mass is 16.3. The third-order valence-electron chi connectivity index (χ3n) is 2.99. The van der Waals surface area contributed by atoms with E-state index in [-0.39, 0.29) is 18.6 Å².